The fourth-order valence-electron chi connectivity index (χ4n) is 4.24. The molecule has 156 valence electrons. The lowest BCUT2D eigenvalue weighted by Crippen LogP contribution is -2.39. The fourth-order valence-corrected chi connectivity index (χ4v) is 4.24. The van der Waals surface area contributed by atoms with Crippen LogP contribution in [0.1, 0.15) is 59.2 Å². The van der Waals surface area contributed by atoms with Crippen molar-refractivity contribution in [1.29, 1.82) is 0 Å². The van der Waals surface area contributed by atoms with E-state index in [4.69, 9.17) is 4.52 Å². The average molecular weight is 407 g/mol. The van der Waals surface area contributed by atoms with Crippen LogP contribution >= 0.6 is 0 Å². The number of hydrogen-bond donors (Lipinski definition) is 1. The maximum atomic E-state index is 12.7. The largest absolute Gasteiger partial charge is 0.360 e. The summed E-state index contributed by atoms with van der Waals surface area (Å²) >= 11 is 0. The van der Waals surface area contributed by atoms with Crippen LogP contribution in [0, 0.1) is 12.8 Å². The second-order valence-electron chi connectivity index (χ2n) is 8.40. The number of benzene rings is 1. The van der Waals surface area contributed by atoms with Crippen LogP contribution in [-0.4, -0.2) is 43.8 Å². The zero-order valence-corrected chi connectivity index (χ0v) is 17.0. The number of nitrogens with one attached hydrogen (secondary N) is 1. The van der Waals surface area contributed by atoms with E-state index in [2.05, 4.69) is 15.4 Å². The average Bonchev–Trinajstić information content (AvgIpc) is 3.38. The van der Waals surface area contributed by atoms with Crippen LogP contribution in [0.5, 0.6) is 0 Å². The van der Waals surface area contributed by atoms with E-state index in [1.165, 1.54) is 0 Å². The molecule has 0 unspecified atom stereocenters. The molecule has 0 spiro atoms. The number of carbonyl (C=O) groups is 1. The first kappa shape index (κ1) is 18.8. The summed E-state index contributed by atoms with van der Waals surface area (Å²) in [4.78, 5) is 27.0. The van der Waals surface area contributed by atoms with Gasteiger partial charge in [-0.3, -0.25) is 4.79 Å². The van der Waals surface area contributed by atoms with Crippen molar-refractivity contribution >= 4 is 5.91 Å². The molecule has 2 aromatic heterocycles. The first-order valence-electron chi connectivity index (χ1n) is 10.6. The van der Waals surface area contributed by atoms with Crippen LogP contribution in [0.2, 0.25) is 0 Å². The zero-order valence-electron chi connectivity index (χ0n) is 17.0. The minimum Gasteiger partial charge on any atom is -0.360 e. The monoisotopic (exact) mass is 407 g/mol. The normalized spacial score (nSPS) is 17.4. The summed E-state index contributed by atoms with van der Waals surface area (Å²) in [7, 11) is 0. The van der Waals surface area contributed by atoms with Gasteiger partial charge in [0.1, 0.15) is 11.6 Å². The zero-order chi connectivity index (χ0) is 20.7. The Bertz CT molecular complexity index is 1120. The molecule has 0 radical (unpaired) electrons. The van der Waals surface area contributed by atoms with E-state index in [9.17, 15) is 9.59 Å². The molecule has 3 aromatic rings. The molecule has 1 saturated heterocycles. The third-order valence-electron chi connectivity index (χ3n) is 6.20. The van der Waals surface area contributed by atoms with Crippen molar-refractivity contribution in [2.75, 3.05) is 13.1 Å². The van der Waals surface area contributed by atoms with Gasteiger partial charge in [-0.05, 0) is 50.2 Å². The Morgan fingerprint density at radius 3 is 2.70 bits per heavy atom. The van der Waals surface area contributed by atoms with Crippen LogP contribution < -0.4 is 5.69 Å². The van der Waals surface area contributed by atoms with Crippen molar-refractivity contribution < 1.29 is 9.32 Å². The topological polar surface area (TPSA) is 97.0 Å². The van der Waals surface area contributed by atoms with Crippen molar-refractivity contribution in [2.45, 2.75) is 44.9 Å². The minimum atomic E-state index is -0.218. The second kappa shape index (κ2) is 7.59. The first-order chi connectivity index (χ1) is 14.6. The summed E-state index contributed by atoms with van der Waals surface area (Å²) in [6.07, 6.45) is 4.68. The SMILES string of the molecule is Cc1ccccc1-n1c(CC2CCN(C(=O)c3cc(C4CC4)on3)CC2)n[nH]c1=O. The number of aromatic amines is 1. The van der Waals surface area contributed by atoms with Gasteiger partial charge in [-0.25, -0.2) is 14.5 Å². The molecular formula is C22H25N5O3. The molecule has 30 heavy (non-hydrogen) atoms. The highest BCUT2D eigenvalue weighted by Crippen LogP contribution is 2.40. The number of amides is 1. The first-order valence-corrected chi connectivity index (χ1v) is 10.6. The Kier molecular flexibility index (Phi) is 4.77. The van der Waals surface area contributed by atoms with Gasteiger partial charge in [-0.1, -0.05) is 23.4 Å². The number of hydrogen-bond acceptors (Lipinski definition) is 5. The molecule has 1 saturated carbocycles. The number of H-pyrrole nitrogens is 1. The Morgan fingerprint density at radius 2 is 1.97 bits per heavy atom. The van der Waals surface area contributed by atoms with Gasteiger partial charge in [-0.15, -0.1) is 0 Å². The number of aromatic nitrogens is 4. The molecular weight excluding hydrogens is 382 g/mol. The summed E-state index contributed by atoms with van der Waals surface area (Å²) in [5.74, 6) is 2.34. The molecule has 8 nitrogen and oxygen atoms in total. The number of likely N-dealkylation sites (tertiary alicyclic amines) is 1. The molecule has 1 aliphatic carbocycles. The molecule has 1 amide bonds. The molecule has 1 N–H and O–H groups in total. The van der Waals surface area contributed by atoms with Gasteiger partial charge < -0.3 is 9.42 Å². The second-order valence-corrected chi connectivity index (χ2v) is 8.40. The van der Waals surface area contributed by atoms with Crippen molar-refractivity contribution in [2.24, 2.45) is 5.92 Å². The molecule has 1 aliphatic heterocycles. The smallest absolute Gasteiger partial charge is 0.347 e. The van der Waals surface area contributed by atoms with Gasteiger partial charge in [-0.2, -0.15) is 5.10 Å². The lowest BCUT2D eigenvalue weighted by atomic mass is 9.93. The van der Waals surface area contributed by atoms with E-state index in [0.29, 0.717) is 37.0 Å². The molecule has 0 atom stereocenters. The molecule has 0 bridgehead atoms. The van der Waals surface area contributed by atoms with Crippen molar-refractivity contribution in [3.8, 4) is 5.69 Å². The van der Waals surface area contributed by atoms with Crippen LogP contribution in [0.15, 0.2) is 39.6 Å². The van der Waals surface area contributed by atoms with E-state index >= 15 is 0 Å². The van der Waals surface area contributed by atoms with Crippen LogP contribution in [0.25, 0.3) is 5.69 Å². The summed E-state index contributed by atoms with van der Waals surface area (Å²) in [6, 6.07) is 9.61. The maximum absolute atomic E-state index is 12.7. The Balaban J connectivity index is 1.24. The number of piperidine rings is 1. The molecule has 3 heterocycles. The molecule has 2 aliphatic rings. The molecule has 1 aromatic carbocycles. The highest BCUT2D eigenvalue weighted by Gasteiger charge is 2.31. The van der Waals surface area contributed by atoms with Gasteiger partial charge in [0.25, 0.3) is 5.91 Å². The van der Waals surface area contributed by atoms with Crippen molar-refractivity contribution in [1.82, 2.24) is 24.8 Å². The third kappa shape index (κ3) is 3.58. The quantitative estimate of drug-likeness (QED) is 0.701. The highest BCUT2D eigenvalue weighted by molar-refractivity contribution is 5.92. The van der Waals surface area contributed by atoms with Crippen LogP contribution in [0.3, 0.4) is 0 Å². The Labute approximate surface area is 173 Å². The van der Waals surface area contributed by atoms with Crippen molar-refractivity contribution in [3.05, 3.63) is 63.7 Å². The fraction of sp³-hybridized carbons (Fsp3) is 0.455. The Hall–Kier alpha value is -3.16. The molecule has 8 heteroatoms. The standard InChI is InChI=1S/C22H25N5O3/c1-14-4-2-3-5-18(14)27-20(23-24-22(27)29)12-15-8-10-26(11-9-15)21(28)17-13-19(30-25-17)16-6-7-16/h2-5,13,15-16H,6-12H2,1H3,(H,24,29). The van der Waals surface area contributed by atoms with Gasteiger partial charge in [0, 0.05) is 31.5 Å². The Morgan fingerprint density at radius 1 is 1.20 bits per heavy atom. The van der Waals surface area contributed by atoms with Gasteiger partial charge in [0.2, 0.25) is 0 Å². The number of aryl methyl sites for hydroxylation is 1. The van der Waals surface area contributed by atoms with E-state index in [1.54, 1.807) is 10.6 Å². The van der Waals surface area contributed by atoms with Gasteiger partial charge in [0.15, 0.2) is 5.69 Å². The lowest BCUT2D eigenvalue weighted by molar-refractivity contribution is 0.0679. The highest BCUT2D eigenvalue weighted by atomic mass is 16.5. The lowest BCUT2D eigenvalue weighted by Gasteiger charge is -2.31. The number of nitrogens with zero attached hydrogens (tertiary/aromatic N) is 4. The van der Waals surface area contributed by atoms with Crippen LogP contribution in [0.4, 0.5) is 0 Å². The minimum absolute atomic E-state index is 0.0549. The van der Waals surface area contributed by atoms with E-state index in [0.717, 1.165) is 48.5 Å². The number of para-hydroxylation sites is 1. The number of rotatable bonds is 5. The van der Waals surface area contributed by atoms with E-state index < -0.39 is 0 Å². The summed E-state index contributed by atoms with van der Waals surface area (Å²) in [5, 5.41) is 10.8. The molecule has 5 rings (SSSR count). The van der Waals surface area contributed by atoms with E-state index in [-0.39, 0.29) is 11.6 Å². The predicted molar refractivity (Wildman–Crippen MR) is 110 cm³/mol. The maximum Gasteiger partial charge on any atom is 0.347 e. The number of carbonyl (C=O) groups excluding carboxylic acids is 1. The van der Waals surface area contributed by atoms with E-state index in [1.807, 2.05) is 36.1 Å². The summed E-state index contributed by atoms with van der Waals surface area (Å²) < 4.78 is 6.99. The summed E-state index contributed by atoms with van der Waals surface area (Å²) in [6.45, 7) is 3.34. The third-order valence-corrected chi connectivity index (χ3v) is 6.20. The molecule has 2 fully saturated rings. The summed E-state index contributed by atoms with van der Waals surface area (Å²) in [5.41, 5.74) is 2.08. The predicted octanol–water partition coefficient (Wildman–Crippen LogP) is 2.83. The van der Waals surface area contributed by atoms with Crippen LogP contribution in [-0.2, 0) is 6.42 Å². The van der Waals surface area contributed by atoms with Crippen molar-refractivity contribution in [3.63, 3.8) is 0 Å². The van der Waals surface area contributed by atoms with Gasteiger partial charge >= 0.3 is 5.69 Å². The van der Waals surface area contributed by atoms with Gasteiger partial charge in [0.05, 0.1) is 5.69 Å².